The van der Waals surface area contributed by atoms with Crippen LogP contribution >= 0.6 is 0 Å². The molecule has 0 bridgehead atoms. The molecule has 1 aromatic rings. The molecule has 0 aliphatic carbocycles. The zero-order valence-corrected chi connectivity index (χ0v) is 11.8. The first-order chi connectivity index (χ1) is 9.35. The first kappa shape index (κ1) is 13.9. The zero-order chi connectivity index (χ0) is 13.5. The van der Waals surface area contributed by atoms with Crippen LogP contribution in [0.3, 0.4) is 0 Å². The summed E-state index contributed by atoms with van der Waals surface area (Å²) in [5.41, 5.74) is 2.54. The molecule has 0 amide bonds. The van der Waals surface area contributed by atoms with Gasteiger partial charge in [0.2, 0.25) is 0 Å². The molecule has 0 radical (unpaired) electrons. The molecule has 1 aliphatic heterocycles. The molecule has 0 spiro atoms. The Morgan fingerprint density at radius 2 is 2.32 bits per heavy atom. The van der Waals surface area contributed by atoms with Gasteiger partial charge >= 0.3 is 0 Å². The molecule has 2 rings (SSSR count). The molecular formula is C16H23NO2. The summed E-state index contributed by atoms with van der Waals surface area (Å²) in [6.07, 6.45) is 5.12. The van der Waals surface area contributed by atoms with Gasteiger partial charge < -0.3 is 14.8 Å². The molecule has 0 fully saturated rings. The average Bonchev–Trinajstić information content (AvgIpc) is 2.47. The van der Waals surface area contributed by atoms with E-state index < -0.39 is 0 Å². The van der Waals surface area contributed by atoms with Gasteiger partial charge in [-0.3, -0.25) is 0 Å². The minimum atomic E-state index is 0.213. The van der Waals surface area contributed by atoms with Gasteiger partial charge in [0.25, 0.3) is 0 Å². The number of likely N-dealkylation sites (N-methyl/N-ethyl adjacent to an activating group) is 1. The van der Waals surface area contributed by atoms with Crippen molar-refractivity contribution in [1.82, 2.24) is 5.32 Å². The third-order valence-corrected chi connectivity index (χ3v) is 3.29. The largest absolute Gasteiger partial charge is 0.501 e. The molecule has 104 valence electrons. The molecule has 1 heterocycles. The molecule has 3 nitrogen and oxygen atoms in total. The van der Waals surface area contributed by atoms with Crippen LogP contribution in [0.2, 0.25) is 0 Å². The highest BCUT2D eigenvalue weighted by Gasteiger charge is 2.17. The monoisotopic (exact) mass is 261 g/mol. The van der Waals surface area contributed by atoms with Crippen LogP contribution < -0.4 is 10.1 Å². The van der Waals surface area contributed by atoms with Gasteiger partial charge in [0.15, 0.2) is 0 Å². The van der Waals surface area contributed by atoms with E-state index in [9.17, 15) is 0 Å². The number of nitrogens with one attached hydrogen (secondary N) is 1. The van der Waals surface area contributed by atoms with Gasteiger partial charge in [0.1, 0.15) is 5.75 Å². The zero-order valence-electron chi connectivity index (χ0n) is 11.8. The Balaban J connectivity index is 2.15. The molecule has 0 saturated carbocycles. The fourth-order valence-electron chi connectivity index (χ4n) is 2.37. The van der Waals surface area contributed by atoms with Gasteiger partial charge in [-0.05, 0) is 49.6 Å². The van der Waals surface area contributed by atoms with Crippen molar-refractivity contribution in [2.45, 2.75) is 32.2 Å². The quantitative estimate of drug-likeness (QED) is 0.851. The number of ether oxygens (including phenoxy) is 2. The molecule has 1 aliphatic rings. The number of hydrogen-bond donors (Lipinski definition) is 1. The highest BCUT2D eigenvalue weighted by atomic mass is 16.5. The lowest BCUT2D eigenvalue weighted by atomic mass is 9.95. The van der Waals surface area contributed by atoms with Crippen LogP contribution in [0.4, 0.5) is 0 Å². The van der Waals surface area contributed by atoms with E-state index in [1.807, 2.05) is 19.4 Å². The van der Waals surface area contributed by atoms with Gasteiger partial charge in [-0.1, -0.05) is 19.1 Å². The highest BCUT2D eigenvalue weighted by Crippen LogP contribution is 2.29. The normalized spacial score (nSPS) is 16.4. The lowest BCUT2D eigenvalue weighted by Crippen LogP contribution is -2.20. The molecule has 1 unspecified atom stereocenters. The molecular weight excluding hydrogens is 238 g/mol. The van der Waals surface area contributed by atoms with E-state index in [1.165, 1.54) is 11.1 Å². The van der Waals surface area contributed by atoms with Crippen LogP contribution in [0.1, 0.15) is 37.8 Å². The summed E-state index contributed by atoms with van der Waals surface area (Å²) in [6, 6.07) is 8.53. The number of rotatable bonds is 6. The first-order valence-electron chi connectivity index (χ1n) is 7.05. The van der Waals surface area contributed by atoms with Crippen molar-refractivity contribution in [3.63, 3.8) is 0 Å². The Hall–Kier alpha value is -1.48. The lowest BCUT2D eigenvalue weighted by molar-refractivity contribution is 0.220. The molecule has 0 saturated heterocycles. The summed E-state index contributed by atoms with van der Waals surface area (Å²) >= 11 is 0. The molecule has 0 aromatic heterocycles. The smallest absolute Gasteiger partial charge is 0.119 e. The third-order valence-electron chi connectivity index (χ3n) is 3.29. The highest BCUT2D eigenvalue weighted by molar-refractivity contribution is 5.35. The maximum absolute atomic E-state index is 5.70. The van der Waals surface area contributed by atoms with Crippen LogP contribution in [0.15, 0.2) is 36.1 Å². The molecule has 19 heavy (non-hydrogen) atoms. The van der Waals surface area contributed by atoms with Gasteiger partial charge in [-0.25, -0.2) is 0 Å². The average molecular weight is 261 g/mol. The topological polar surface area (TPSA) is 30.5 Å². The summed E-state index contributed by atoms with van der Waals surface area (Å²) in [4.78, 5) is 0. The van der Waals surface area contributed by atoms with Crippen LogP contribution in [0.5, 0.6) is 5.75 Å². The van der Waals surface area contributed by atoms with Crippen molar-refractivity contribution in [2.24, 2.45) is 0 Å². The van der Waals surface area contributed by atoms with E-state index in [0.29, 0.717) is 0 Å². The maximum atomic E-state index is 5.70. The Kier molecular flexibility index (Phi) is 5.28. The van der Waals surface area contributed by atoms with Crippen LogP contribution in [-0.2, 0) is 4.74 Å². The van der Waals surface area contributed by atoms with E-state index in [0.717, 1.165) is 38.2 Å². The molecule has 3 heteroatoms. The van der Waals surface area contributed by atoms with E-state index in [1.54, 1.807) is 0 Å². The van der Waals surface area contributed by atoms with E-state index in [2.05, 4.69) is 30.4 Å². The van der Waals surface area contributed by atoms with Crippen LogP contribution in [-0.4, -0.2) is 20.3 Å². The van der Waals surface area contributed by atoms with Crippen molar-refractivity contribution < 1.29 is 9.47 Å². The third kappa shape index (κ3) is 3.74. The van der Waals surface area contributed by atoms with Gasteiger partial charge in [0.05, 0.1) is 25.5 Å². The minimum absolute atomic E-state index is 0.213. The summed E-state index contributed by atoms with van der Waals surface area (Å²) in [7, 11) is 1.99. The minimum Gasteiger partial charge on any atom is -0.501 e. The summed E-state index contributed by atoms with van der Waals surface area (Å²) in [5.74, 6) is 0.942. The SMILES string of the molecule is CCCOc1cccc(C(NC)C2=COCCC2)c1. The second-order valence-corrected chi connectivity index (χ2v) is 4.81. The Morgan fingerprint density at radius 3 is 3.00 bits per heavy atom. The van der Waals surface area contributed by atoms with Gasteiger partial charge in [-0.2, -0.15) is 0 Å². The second kappa shape index (κ2) is 7.19. The van der Waals surface area contributed by atoms with Crippen LogP contribution in [0.25, 0.3) is 0 Å². The summed E-state index contributed by atoms with van der Waals surface area (Å²) in [6.45, 7) is 3.71. The number of hydrogen-bond acceptors (Lipinski definition) is 3. The van der Waals surface area contributed by atoms with Gasteiger partial charge in [-0.15, -0.1) is 0 Å². The fraction of sp³-hybridized carbons (Fsp3) is 0.500. The first-order valence-corrected chi connectivity index (χ1v) is 7.05. The van der Waals surface area contributed by atoms with Crippen molar-refractivity contribution >= 4 is 0 Å². The Morgan fingerprint density at radius 1 is 1.42 bits per heavy atom. The second-order valence-electron chi connectivity index (χ2n) is 4.81. The van der Waals surface area contributed by atoms with Crippen LogP contribution in [0, 0.1) is 0 Å². The maximum Gasteiger partial charge on any atom is 0.119 e. The standard InChI is InChI=1S/C16H23NO2/c1-3-9-19-15-8-4-6-13(11-15)16(17-2)14-7-5-10-18-12-14/h4,6,8,11-12,16-17H,3,5,7,9-10H2,1-2H3. The van der Waals surface area contributed by atoms with E-state index in [4.69, 9.17) is 9.47 Å². The predicted octanol–water partition coefficient (Wildman–Crippen LogP) is 3.43. The van der Waals surface area contributed by atoms with Gasteiger partial charge in [0, 0.05) is 0 Å². The van der Waals surface area contributed by atoms with E-state index in [-0.39, 0.29) is 6.04 Å². The van der Waals surface area contributed by atoms with Crippen molar-refractivity contribution in [2.75, 3.05) is 20.3 Å². The molecule has 1 aromatic carbocycles. The Bertz CT molecular complexity index is 429. The molecule has 1 N–H and O–H groups in total. The summed E-state index contributed by atoms with van der Waals surface area (Å²) < 4.78 is 11.1. The number of benzene rings is 1. The van der Waals surface area contributed by atoms with Crippen molar-refractivity contribution in [1.29, 1.82) is 0 Å². The lowest BCUT2D eigenvalue weighted by Gasteiger charge is -2.23. The Labute approximate surface area is 115 Å². The fourth-order valence-corrected chi connectivity index (χ4v) is 2.37. The van der Waals surface area contributed by atoms with Crippen molar-refractivity contribution in [3.05, 3.63) is 41.7 Å². The van der Waals surface area contributed by atoms with Crippen molar-refractivity contribution in [3.8, 4) is 5.75 Å². The predicted molar refractivity (Wildman–Crippen MR) is 77.3 cm³/mol. The van der Waals surface area contributed by atoms with E-state index >= 15 is 0 Å². The molecule has 1 atom stereocenters. The summed E-state index contributed by atoms with van der Waals surface area (Å²) in [5, 5.41) is 3.37.